The number of methoxy groups -OCH3 is 1. The van der Waals surface area contributed by atoms with Crippen LogP contribution in [0.2, 0.25) is 0 Å². The molecule has 3 aromatic rings. The van der Waals surface area contributed by atoms with Gasteiger partial charge >= 0.3 is 0 Å². The van der Waals surface area contributed by atoms with Gasteiger partial charge in [0.05, 0.1) is 18.4 Å². The maximum absolute atomic E-state index is 14.1. The Bertz CT molecular complexity index is 1490. The number of ketones is 1. The Morgan fingerprint density at radius 1 is 1.02 bits per heavy atom. The van der Waals surface area contributed by atoms with E-state index in [1.54, 1.807) is 67.8 Å². The number of benzene rings is 3. The van der Waals surface area contributed by atoms with Gasteiger partial charge in [-0.1, -0.05) is 36.4 Å². The van der Waals surface area contributed by atoms with Crippen molar-refractivity contribution in [3.8, 4) is 5.75 Å². The van der Waals surface area contributed by atoms with E-state index >= 15 is 0 Å². The zero-order valence-electron chi connectivity index (χ0n) is 22.6. The van der Waals surface area contributed by atoms with Crippen LogP contribution in [0.4, 0.5) is 15.8 Å². The number of Topliss-reactive ketones (excluding diaryl/α,β-unsaturated/α-hetero) is 1. The van der Waals surface area contributed by atoms with Crippen LogP contribution in [0.25, 0.3) is 0 Å². The number of ether oxygens (including phenoxy) is 1. The van der Waals surface area contributed by atoms with Gasteiger partial charge in [-0.2, -0.15) is 0 Å². The normalized spacial score (nSPS) is 16.7. The first-order chi connectivity index (χ1) is 19.9. The fourth-order valence-corrected chi connectivity index (χ4v) is 5.36. The van der Waals surface area contributed by atoms with Gasteiger partial charge in [0.15, 0.2) is 0 Å². The predicted octanol–water partition coefficient (Wildman–Crippen LogP) is 4.76. The Kier molecular flexibility index (Phi) is 8.24. The second-order valence-corrected chi connectivity index (χ2v) is 10.1. The summed E-state index contributed by atoms with van der Waals surface area (Å²) in [6.45, 7) is -0.407. The van der Waals surface area contributed by atoms with Crippen LogP contribution >= 0.6 is 0 Å². The lowest BCUT2D eigenvalue weighted by molar-refractivity contribution is -0.140. The minimum atomic E-state index is -0.900. The summed E-state index contributed by atoms with van der Waals surface area (Å²) >= 11 is 0. The molecule has 0 radical (unpaired) electrons. The third kappa shape index (κ3) is 6.04. The SMILES string of the molecule is COc1ccc(NC(=O)[C@@H]([C@@H]2CC=CCC2)N(Cc2ccc(F)cc2)C(=O)CN2C(=O)C(=O)c3ccccc32)cc1. The van der Waals surface area contributed by atoms with Crippen LogP contribution in [-0.2, 0) is 20.9 Å². The molecule has 1 aliphatic heterocycles. The molecular weight excluding hydrogens is 525 g/mol. The maximum Gasteiger partial charge on any atom is 0.299 e. The van der Waals surface area contributed by atoms with Gasteiger partial charge in [0.1, 0.15) is 24.2 Å². The fourth-order valence-electron chi connectivity index (χ4n) is 5.36. The van der Waals surface area contributed by atoms with Crippen LogP contribution in [0.5, 0.6) is 5.75 Å². The molecule has 1 aliphatic carbocycles. The largest absolute Gasteiger partial charge is 0.497 e. The van der Waals surface area contributed by atoms with Crippen molar-refractivity contribution in [1.82, 2.24) is 4.90 Å². The van der Waals surface area contributed by atoms with E-state index in [-0.39, 0.29) is 23.9 Å². The van der Waals surface area contributed by atoms with E-state index in [1.165, 1.54) is 17.0 Å². The standard InChI is InChI=1S/C32H30FN3O5/c1-41-25-17-15-24(16-18-25)34-31(39)29(22-7-3-2-4-8-22)36(19-21-11-13-23(33)14-12-21)28(37)20-35-27-10-6-5-9-26(27)30(38)32(35)40/h2-3,5-6,9-18,22,29H,4,7-8,19-20H2,1H3,(H,34,39)/t22-,29-/m1/s1. The zero-order valence-corrected chi connectivity index (χ0v) is 22.6. The average molecular weight is 556 g/mol. The first-order valence-electron chi connectivity index (χ1n) is 13.4. The maximum atomic E-state index is 14.1. The molecule has 210 valence electrons. The lowest BCUT2D eigenvalue weighted by Gasteiger charge is -2.37. The van der Waals surface area contributed by atoms with Gasteiger partial charge in [-0.15, -0.1) is 0 Å². The van der Waals surface area contributed by atoms with Crippen LogP contribution in [0.1, 0.15) is 35.2 Å². The van der Waals surface area contributed by atoms with Gasteiger partial charge in [-0.25, -0.2) is 4.39 Å². The van der Waals surface area contributed by atoms with E-state index in [0.29, 0.717) is 35.5 Å². The van der Waals surface area contributed by atoms with E-state index < -0.39 is 36.0 Å². The number of anilines is 2. The van der Waals surface area contributed by atoms with Gasteiger partial charge in [-0.3, -0.25) is 24.1 Å². The van der Waals surface area contributed by atoms with Crippen molar-refractivity contribution in [3.63, 3.8) is 0 Å². The topological polar surface area (TPSA) is 96.0 Å². The highest BCUT2D eigenvalue weighted by Gasteiger charge is 2.41. The molecule has 1 heterocycles. The number of hydrogen-bond acceptors (Lipinski definition) is 5. The van der Waals surface area contributed by atoms with Gasteiger partial charge < -0.3 is 15.0 Å². The lowest BCUT2D eigenvalue weighted by Crippen LogP contribution is -2.54. The summed E-state index contributed by atoms with van der Waals surface area (Å²) in [5, 5.41) is 2.94. The number of nitrogens with zero attached hydrogens (tertiary/aromatic N) is 2. The molecule has 8 nitrogen and oxygen atoms in total. The van der Waals surface area contributed by atoms with Crippen molar-refractivity contribution >= 4 is 34.9 Å². The summed E-state index contributed by atoms with van der Waals surface area (Å²) in [7, 11) is 1.55. The number of carbonyl (C=O) groups excluding carboxylic acids is 4. The van der Waals surface area contributed by atoms with Crippen LogP contribution in [0.3, 0.4) is 0 Å². The first-order valence-corrected chi connectivity index (χ1v) is 13.4. The van der Waals surface area contributed by atoms with Crippen molar-refractivity contribution in [2.75, 3.05) is 23.9 Å². The summed E-state index contributed by atoms with van der Waals surface area (Å²) < 4.78 is 18.9. The van der Waals surface area contributed by atoms with E-state index in [2.05, 4.69) is 5.32 Å². The van der Waals surface area contributed by atoms with Crippen LogP contribution in [0, 0.1) is 11.7 Å². The second kappa shape index (κ2) is 12.2. The molecular formula is C32H30FN3O5. The van der Waals surface area contributed by atoms with Crippen LogP contribution < -0.4 is 15.0 Å². The number of fused-ring (bicyclic) bond motifs is 1. The van der Waals surface area contributed by atoms with Crippen molar-refractivity contribution < 1.29 is 28.3 Å². The van der Waals surface area contributed by atoms with Crippen molar-refractivity contribution in [2.45, 2.75) is 31.8 Å². The Morgan fingerprint density at radius 3 is 2.44 bits per heavy atom. The molecule has 41 heavy (non-hydrogen) atoms. The molecule has 9 heteroatoms. The summed E-state index contributed by atoms with van der Waals surface area (Å²) in [6.07, 6.45) is 6.06. The highest BCUT2D eigenvalue weighted by atomic mass is 19.1. The molecule has 2 aliphatic rings. The molecule has 3 amide bonds. The monoisotopic (exact) mass is 555 g/mol. The molecule has 2 atom stereocenters. The van der Waals surface area contributed by atoms with Gasteiger partial charge in [0.25, 0.3) is 11.7 Å². The third-order valence-electron chi connectivity index (χ3n) is 7.48. The molecule has 0 fully saturated rings. The van der Waals surface area contributed by atoms with E-state index in [1.807, 2.05) is 12.2 Å². The lowest BCUT2D eigenvalue weighted by atomic mass is 9.85. The van der Waals surface area contributed by atoms with Gasteiger partial charge in [0, 0.05) is 12.2 Å². The molecule has 3 aromatic carbocycles. The van der Waals surface area contributed by atoms with Crippen molar-refractivity contribution in [3.05, 3.63) is 102 Å². The minimum absolute atomic E-state index is 0.0116. The Hall–Kier alpha value is -4.79. The quantitative estimate of drug-likeness (QED) is 0.304. The number of hydrogen-bond donors (Lipinski definition) is 1. The smallest absolute Gasteiger partial charge is 0.299 e. The van der Waals surface area contributed by atoms with Gasteiger partial charge in [0.2, 0.25) is 11.8 Å². The van der Waals surface area contributed by atoms with Gasteiger partial charge in [-0.05, 0) is 79.3 Å². The molecule has 5 rings (SSSR count). The van der Waals surface area contributed by atoms with Crippen LogP contribution in [-0.4, -0.2) is 48.1 Å². The van der Waals surface area contributed by atoms with Crippen molar-refractivity contribution in [1.29, 1.82) is 0 Å². The Labute approximate surface area is 237 Å². The number of carbonyl (C=O) groups is 4. The number of nitrogens with one attached hydrogen (secondary N) is 1. The molecule has 0 aromatic heterocycles. The minimum Gasteiger partial charge on any atom is -0.497 e. The van der Waals surface area contributed by atoms with Crippen molar-refractivity contribution in [2.24, 2.45) is 5.92 Å². The average Bonchev–Trinajstić information content (AvgIpc) is 3.23. The zero-order chi connectivity index (χ0) is 28.9. The molecule has 0 saturated carbocycles. The highest BCUT2D eigenvalue weighted by Crippen LogP contribution is 2.31. The summed E-state index contributed by atoms with van der Waals surface area (Å²) in [6, 6.07) is 18.2. The number of halogens is 1. The van der Waals surface area contributed by atoms with Crippen LogP contribution in [0.15, 0.2) is 84.9 Å². The van der Waals surface area contributed by atoms with E-state index in [9.17, 15) is 23.6 Å². The van der Waals surface area contributed by atoms with E-state index in [0.717, 1.165) is 11.3 Å². The fraction of sp³-hybridized carbons (Fsp3) is 0.250. The molecule has 0 unspecified atom stereocenters. The van der Waals surface area contributed by atoms with E-state index in [4.69, 9.17) is 4.74 Å². The Morgan fingerprint density at radius 2 is 1.76 bits per heavy atom. The Balaban J connectivity index is 1.49. The molecule has 0 spiro atoms. The third-order valence-corrected chi connectivity index (χ3v) is 7.48. The summed E-state index contributed by atoms with van der Waals surface area (Å²) in [5.41, 5.74) is 1.76. The number of rotatable bonds is 9. The number of amides is 3. The molecule has 1 N–H and O–H groups in total. The summed E-state index contributed by atoms with van der Waals surface area (Å²) in [5.74, 6) is -2.34. The first kappa shape index (κ1) is 27.8. The second-order valence-electron chi connectivity index (χ2n) is 10.1. The highest BCUT2D eigenvalue weighted by molar-refractivity contribution is 6.52. The molecule has 0 bridgehead atoms. The predicted molar refractivity (Wildman–Crippen MR) is 152 cm³/mol. The number of para-hydroxylation sites is 1. The molecule has 0 saturated heterocycles. The summed E-state index contributed by atoms with van der Waals surface area (Å²) in [4.78, 5) is 56.1. The number of allylic oxidation sites excluding steroid dienone is 2.